The minimum atomic E-state index is -3.54. The van der Waals surface area contributed by atoms with Crippen LogP contribution in [0.2, 0.25) is 0 Å². The Kier molecular flexibility index (Phi) is 9.60. The molecule has 0 bridgehead atoms. The molecule has 11 heteroatoms. The molecule has 4 atom stereocenters. The maximum atomic E-state index is 13.7. The molecule has 2 amide bonds. The number of hydrogen-bond donors (Lipinski definition) is 1. The Labute approximate surface area is 252 Å². The molecule has 41 heavy (non-hydrogen) atoms. The standard InChI is InChI=1S/C30H42BrN5O4S/c1-19(2)35(6)21-12-13-25(20(16-21)18-41(39,40)22-10-8-7-9-11-22)36-15-14-24(28(36)38)33-27(37)26-23(31)17-32-29(34-26)30(3,4)5/h7-11,17,19-21,24-25H,12-16,18H2,1-6H3,(H,33,37)/t20-,21+,24-,25-/m0/s1. The van der Waals surface area contributed by atoms with Crippen molar-refractivity contribution in [1.82, 2.24) is 25.1 Å². The van der Waals surface area contributed by atoms with E-state index in [1.807, 2.05) is 25.7 Å². The Balaban J connectivity index is 1.53. The van der Waals surface area contributed by atoms with Gasteiger partial charge in [-0.2, -0.15) is 0 Å². The molecule has 1 aromatic carbocycles. The van der Waals surface area contributed by atoms with Crippen molar-refractivity contribution in [3.8, 4) is 0 Å². The van der Waals surface area contributed by atoms with Gasteiger partial charge in [0, 0.05) is 36.3 Å². The lowest BCUT2D eigenvalue weighted by atomic mass is 9.81. The van der Waals surface area contributed by atoms with Crippen LogP contribution in [0.5, 0.6) is 0 Å². The van der Waals surface area contributed by atoms with Gasteiger partial charge in [0.25, 0.3) is 5.91 Å². The fourth-order valence-corrected chi connectivity index (χ4v) is 7.95. The van der Waals surface area contributed by atoms with Gasteiger partial charge in [-0.05, 0) is 80.6 Å². The number of carbonyl (C=O) groups is 2. The van der Waals surface area contributed by atoms with E-state index in [1.165, 1.54) is 0 Å². The average Bonchev–Trinajstić information content (AvgIpc) is 3.27. The van der Waals surface area contributed by atoms with Crippen LogP contribution < -0.4 is 5.32 Å². The molecule has 1 N–H and O–H groups in total. The van der Waals surface area contributed by atoms with Crippen molar-refractivity contribution < 1.29 is 18.0 Å². The van der Waals surface area contributed by atoms with Crippen molar-refractivity contribution in [3.05, 3.63) is 52.5 Å². The van der Waals surface area contributed by atoms with Crippen molar-refractivity contribution in [2.24, 2.45) is 5.92 Å². The number of hydrogen-bond acceptors (Lipinski definition) is 7. The zero-order valence-corrected chi connectivity index (χ0v) is 27.2. The molecular weight excluding hydrogens is 606 g/mol. The summed E-state index contributed by atoms with van der Waals surface area (Å²) in [6.07, 6.45) is 4.32. The van der Waals surface area contributed by atoms with E-state index >= 15 is 0 Å². The Bertz CT molecular complexity index is 1360. The van der Waals surface area contributed by atoms with Gasteiger partial charge in [-0.1, -0.05) is 39.0 Å². The second-order valence-electron chi connectivity index (χ2n) is 12.6. The summed E-state index contributed by atoms with van der Waals surface area (Å²) in [6.45, 7) is 10.7. The molecule has 9 nitrogen and oxygen atoms in total. The zero-order valence-electron chi connectivity index (χ0n) is 24.8. The van der Waals surface area contributed by atoms with Gasteiger partial charge in [-0.3, -0.25) is 9.59 Å². The van der Waals surface area contributed by atoms with Gasteiger partial charge in [0.05, 0.1) is 15.1 Å². The lowest BCUT2D eigenvalue weighted by molar-refractivity contribution is -0.133. The molecule has 2 aromatic rings. The van der Waals surface area contributed by atoms with Crippen LogP contribution in [0.3, 0.4) is 0 Å². The largest absolute Gasteiger partial charge is 0.339 e. The SMILES string of the molecule is CC(C)N(C)[C@@H]1CC[C@H](N2CC[C@H](NC(=O)c3nc(C(C)(C)C)ncc3Br)C2=O)[C@H](CS(=O)(=O)c2ccccc2)C1. The zero-order chi connectivity index (χ0) is 30.1. The number of carbonyl (C=O) groups excluding carboxylic acids is 2. The molecule has 1 saturated heterocycles. The fourth-order valence-electron chi connectivity index (χ4n) is 5.89. The highest BCUT2D eigenvalue weighted by Crippen LogP contribution is 2.36. The minimum Gasteiger partial charge on any atom is -0.339 e. The smallest absolute Gasteiger partial charge is 0.271 e. The second-order valence-corrected chi connectivity index (χ2v) is 15.5. The second kappa shape index (κ2) is 12.5. The molecule has 1 saturated carbocycles. The molecule has 1 aliphatic heterocycles. The third-order valence-corrected chi connectivity index (χ3v) is 10.9. The molecule has 1 aliphatic carbocycles. The highest BCUT2D eigenvalue weighted by atomic mass is 79.9. The van der Waals surface area contributed by atoms with Gasteiger partial charge in [-0.15, -0.1) is 0 Å². The number of benzene rings is 1. The number of rotatable bonds is 8. The van der Waals surface area contributed by atoms with Crippen LogP contribution in [0, 0.1) is 5.92 Å². The molecule has 224 valence electrons. The number of sulfone groups is 1. The summed E-state index contributed by atoms with van der Waals surface area (Å²) in [5, 5.41) is 2.89. The third-order valence-electron chi connectivity index (χ3n) is 8.42. The van der Waals surface area contributed by atoms with Crippen molar-refractivity contribution >= 4 is 37.6 Å². The number of aromatic nitrogens is 2. The fraction of sp³-hybridized carbons (Fsp3) is 0.600. The minimum absolute atomic E-state index is 0.0195. The summed E-state index contributed by atoms with van der Waals surface area (Å²) < 4.78 is 27.4. The monoisotopic (exact) mass is 647 g/mol. The molecule has 2 fully saturated rings. The van der Waals surface area contributed by atoms with E-state index < -0.39 is 21.8 Å². The number of nitrogens with one attached hydrogen (secondary N) is 1. The van der Waals surface area contributed by atoms with Crippen molar-refractivity contribution in [1.29, 1.82) is 0 Å². The average molecular weight is 649 g/mol. The summed E-state index contributed by atoms with van der Waals surface area (Å²) in [5.41, 5.74) is -0.145. The van der Waals surface area contributed by atoms with Crippen LogP contribution in [0.1, 0.15) is 76.6 Å². The van der Waals surface area contributed by atoms with E-state index in [2.05, 4.69) is 57.0 Å². The van der Waals surface area contributed by atoms with E-state index in [4.69, 9.17) is 0 Å². The quantitative estimate of drug-likeness (QED) is 0.456. The van der Waals surface area contributed by atoms with Crippen molar-refractivity contribution in [2.45, 2.75) is 94.8 Å². The van der Waals surface area contributed by atoms with Crippen LogP contribution in [0.25, 0.3) is 0 Å². The highest BCUT2D eigenvalue weighted by Gasteiger charge is 2.44. The van der Waals surface area contributed by atoms with Crippen LogP contribution in [-0.4, -0.2) is 83.5 Å². The molecule has 4 rings (SSSR count). The topological polar surface area (TPSA) is 113 Å². The number of amides is 2. The van der Waals surface area contributed by atoms with Crippen LogP contribution in [-0.2, 0) is 20.0 Å². The van der Waals surface area contributed by atoms with Crippen LogP contribution in [0.4, 0.5) is 0 Å². The molecular formula is C30H42BrN5O4S. The molecule has 0 unspecified atom stereocenters. The summed E-state index contributed by atoms with van der Waals surface area (Å²) in [5.74, 6) is -0.300. The van der Waals surface area contributed by atoms with Crippen molar-refractivity contribution in [2.75, 3.05) is 19.3 Å². The molecule has 2 aliphatic rings. The summed E-state index contributed by atoms with van der Waals surface area (Å²) in [6, 6.07) is 8.21. The Morgan fingerprint density at radius 1 is 1.17 bits per heavy atom. The van der Waals surface area contributed by atoms with E-state index in [-0.39, 0.29) is 40.8 Å². The molecule has 0 radical (unpaired) electrons. The Morgan fingerprint density at radius 2 is 1.85 bits per heavy atom. The van der Waals surface area contributed by atoms with Gasteiger partial charge >= 0.3 is 0 Å². The van der Waals surface area contributed by atoms with E-state index in [0.29, 0.717) is 40.6 Å². The van der Waals surface area contributed by atoms with E-state index in [1.54, 1.807) is 36.5 Å². The van der Waals surface area contributed by atoms with Crippen LogP contribution >= 0.6 is 15.9 Å². The summed E-state index contributed by atoms with van der Waals surface area (Å²) in [7, 11) is -1.46. The van der Waals surface area contributed by atoms with Gasteiger partial charge in [0.1, 0.15) is 17.6 Å². The lowest BCUT2D eigenvalue weighted by Crippen LogP contribution is -2.53. The molecule has 0 spiro atoms. The normalized spacial score (nSPS) is 23.8. The van der Waals surface area contributed by atoms with E-state index in [9.17, 15) is 18.0 Å². The molecule has 1 aromatic heterocycles. The van der Waals surface area contributed by atoms with Gasteiger partial charge in [-0.25, -0.2) is 18.4 Å². The van der Waals surface area contributed by atoms with Gasteiger partial charge in [0.2, 0.25) is 5.91 Å². The number of halogens is 1. The first-order valence-electron chi connectivity index (χ1n) is 14.3. The number of nitrogens with zero attached hydrogens (tertiary/aromatic N) is 4. The first kappa shape index (κ1) is 31.6. The third kappa shape index (κ3) is 7.17. The highest BCUT2D eigenvalue weighted by molar-refractivity contribution is 9.10. The maximum Gasteiger partial charge on any atom is 0.271 e. The van der Waals surface area contributed by atoms with Crippen molar-refractivity contribution in [3.63, 3.8) is 0 Å². The van der Waals surface area contributed by atoms with Gasteiger partial charge in [0.15, 0.2) is 9.84 Å². The first-order chi connectivity index (χ1) is 19.2. The van der Waals surface area contributed by atoms with Crippen LogP contribution in [0.15, 0.2) is 45.9 Å². The van der Waals surface area contributed by atoms with Gasteiger partial charge < -0.3 is 15.1 Å². The summed E-state index contributed by atoms with van der Waals surface area (Å²) >= 11 is 3.38. The predicted octanol–water partition coefficient (Wildman–Crippen LogP) is 4.22. The number of likely N-dealkylation sites (tertiary alicyclic amines) is 1. The van der Waals surface area contributed by atoms with E-state index in [0.717, 1.165) is 12.8 Å². The first-order valence-corrected chi connectivity index (χ1v) is 16.8. The maximum absolute atomic E-state index is 13.7. The lowest BCUT2D eigenvalue weighted by Gasteiger charge is -2.44. The predicted molar refractivity (Wildman–Crippen MR) is 162 cm³/mol. The molecule has 2 heterocycles. The Morgan fingerprint density at radius 3 is 2.49 bits per heavy atom. The Hall–Kier alpha value is -2.37. The summed E-state index contributed by atoms with van der Waals surface area (Å²) in [4.78, 5) is 40.2.